The molecule has 1 fully saturated rings. The van der Waals surface area contributed by atoms with Gasteiger partial charge in [0.25, 0.3) is 0 Å². The van der Waals surface area contributed by atoms with Crippen molar-refractivity contribution in [1.82, 2.24) is 9.97 Å². The van der Waals surface area contributed by atoms with E-state index in [1.54, 1.807) is 0 Å². The quantitative estimate of drug-likeness (QED) is 0.493. The molecule has 1 aliphatic rings. The molecular formula is C12H17ClN4O3. The van der Waals surface area contributed by atoms with E-state index in [0.717, 1.165) is 25.9 Å². The smallest absolute Gasteiger partial charge is 0.348 e. The Labute approximate surface area is 121 Å². The molecule has 0 radical (unpaired) electrons. The van der Waals surface area contributed by atoms with Crippen LogP contribution in [-0.4, -0.2) is 34.1 Å². The van der Waals surface area contributed by atoms with Crippen LogP contribution in [0.2, 0.25) is 5.15 Å². The normalized spacial score (nSPS) is 18.2. The van der Waals surface area contributed by atoms with Gasteiger partial charge in [0.15, 0.2) is 0 Å². The molecule has 1 saturated heterocycles. The first-order valence-electron chi connectivity index (χ1n) is 6.68. The Bertz CT molecular complexity index is 492. The second-order valence-electron chi connectivity index (χ2n) is 4.65. The number of aryl methyl sites for hydroxylation is 1. The summed E-state index contributed by atoms with van der Waals surface area (Å²) >= 11 is 5.90. The number of hydrogen-bond acceptors (Lipinski definition) is 6. The van der Waals surface area contributed by atoms with Crippen LogP contribution >= 0.6 is 11.6 Å². The topological polar surface area (TPSA) is 90.2 Å². The number of nitrogens with one attached hydrogen (secondary N) is 1. The van der Waals surface area contributed by atoms with Gasteiger partial charge in [-0.05, 0) is 19.3 Å². The molecular weight excluding hydrogens is 284 g/mol. The number of nitrogens with zero attached hydrogens (tertiary/aromatic N) is 3. The molecule has 0 saturated carbocycles. The van der Waals surface area contributed by atoms with E-state index in [9.17, 15) is 10.1 Å². The Morgan fingerprint density at radius 2 is 2.35 bits per heavy atom. The lowest BCUT2D eigenvalue weighted by molar-refractivity contribution is -0.384. The first kappa shape index (κ1) is 14.9. The van der Waals surface area contributed by atoms with E-state index >= 15 is 0 Å². The number of aromatic nitrogens is 2. The number of nitro groups is 1. The maximum absolute atomic E-state index is 11.1. The molecule has 1 aromatic rings. The van der Waals surface area contributed by atoms with Crippen LogP contribution in [0.5, 0.6) is 0 Å². The summed E-state index contributed by atoms with van der Waals surface area (Å²) in [6.45, 7) is 3.21. The summed E-state index contributed by atoms with van der Waals surface area (Å²) in [6, 6.07) is 0. The molecule has 0 bridgehead atoms. The van der Waals surface area contributed by atoms with Crippen LogP contribution in [0.15, 0.2) is 0 Å². The lowest BCUT2D eigenvalue weighted by atomic mass is 10.2. The molecule has 0 spiro atoms. The molecule has 1 aliphatic heterocycles. The number of ether oxygens (including phenoxy) is 1. The van der Waals surface area contributed by atoms with Crippen molar-refractivity contribution < 1.29 is 9.66 Å². The third kappa shape index (κ3) is 3.55. The largest absolute Gasteiger partial charge is 0.376 e. The van der Waals surface area contributed by atoms with Gasteiger partial charge >= 0.3 is 5.69 Å². The molecule has 1 aromatic heterocycles. The second-order valence-corrected chi connectivity index (χ2v) is 5.01. The number of rotatable bonds is 6. The van der Waals surface area contributed by atoms with Gasteiger partial charge in [0.1, 0.15) is 5.82 Å². The number of anilines is 1. The molecule has 0 aliphatic carbocycles. The van der Waals surface area contributed by atoms with E-state index < -0.39 is 4.92 Å². The predicted octanol–water partition coefficient (Wildman–Crippen LogP) is 2.58. The highest BCUT2D eigenvalue weighted by molar-refractivity contribution is 6.31. The van der Waals surface area contributed by atoms with E-state index in [0.29, 0.717) is 18.8 Å². The molecule has 0 amide bonds. The van der Waals surface area contributed by atoms with Gasteiger partial charge in [-0.25, -0.2) is 9.97 Å². The summed E-state index contributed by atoms with van der Waals surface area (Å²) in [4.78, 5) is 18.7. The average molecular weight is 301 g/mol. The highest BCUT2D eigenvalue weighted by Gasteiger charge is 2.24. The van der Waals surface area contributed by atoms with Gasteiger partial charge in [0.05, 0.1) is 11.0 Å². The zero-order chi connectivity index (χ0) is 14.5. The van der Waals surface area contributed by atoms with Gasteiger partial charge in [0.2, 0.25) is 11.0 Å². The van der Waals surface area contributed by atoms with Gasteiger partial charge in [-0.15, -0.1) is 0 Å². The first-order chi connectivity index (χ1) is 9.61. The Morgan fingerprint density at radius 3 is 2.95 bits per heavy atom. The van der Waals surface area contributed by atoms with Crippen molar-refractivity contribution in [2.45, 2.75) is 38.7 Å². The lowest BCUT2D eigenvalue weighted by Crippen LogP contribution is -2.20. The first-order valence-corrected chi connectivity index (χ1v) is 7.06. The van der Waals surface area contributed by atoms with Crippen LogP contribution in [0.1, 0.15) is 32.0 Å². The highest BCUT2D eigenvalue weighted by Crippen LogP contribution is 2.30. The summed E-state index contributed by atoms with van der Waals surface area (Å²) < 4.78 is 5.47. The maximum atomic E-state index is 11.1. The van der Waals surface area contributed by atoms with Gasteiger partial charge < -0.3 is 10.1 Å². The summed E-state index contributed by atoms with van der Waals surface area (Å²) in [7, 11) is 0. The number of hydrogen-bond donors (Lipinski definition) is 1. The van der Waals surface area contributed by atoms with Crippen LogP contribution in [0.25, 0.3) is 0 Å². The maximum Gasteiger partial charge on any atom is 0.348 e. The van der Waals surface area contributed by atoms with Crippen molar-refractivity contribution >= 4 is 23.1 Å². The second kappa shape index (κ2) is 6.81. The van der Waals surface area contributed by atoms with Crippen molar-refractivity contribution in [1.29, 1.82) is 0 Å². The molecule has 2 heterocycles. The van der Waals surface area contributed by atoms with E-state index in [-0.39, 0.29) is 22.8 Å². The van der Waals surface area contributed by atoms with Gasteiger partial charge in [-0.2, -0.15) is 0 Å². The fourth-order valence-electron chi connectivity index (χ4n) is 2.11. The standard InChI is InChI=1S/C12H17ClN4O3/c1-2-4-9-15-11(13)10(17(18)19)12(16-9)14-7-8-5-3-6-20-8/h8H,2-7H2,1H3,(H,14,15,16). The van der Waals surface area contributed by atoms with E-state index in [4.69, 9.17) is 16.3 Å². The average Bonchev–Trinajstić information content (AvgIpc) is 2.88. The fourth-order valence-corrected chi connectivity index (χ4v) is 2.36. The van der Waals surface area contributed by atoms with Gasteiger partial charge in [-0.3, -0.25) is 10.1 Å². The van der Waals surface area contributed by atoms with Gasteiger partial charge in [0, 0.05) is 19.6 Å². The van der Waals surface area contributed by atoms with Crippen LogP contribution in [0, 0.1) is 10.1 Å². The van der Waals surface area contributed by atoms with Crippen LogP contribution in [0.4, 0.5) is 11.5 Å². The highest BCUT2D eigenvalue weighted by atomic mass is 35.5. The molecule has 7 nitrogen and oxygen atoms in total. The Hall–Kier alpha value is -1.47. The minimum atomic E-state index is -0.560. The SMILES string of the molecule is CCCc1nc(Cl)c([N+](=O)[O-])c(NCC2CCCO2)n1. The van der Waals surface area contributed by atoms with E-state index in [1.807, 2.05) is 6.92 Å². The summed E-state index contributed by atoms with van der Waals surface area (Å²) in [5.41, 5.74) is -0.274. The predicted molar refractivity (Wildman–Crippen MR) is 75.2 cm³/mol. The zero-order valence-electron chi connectivity index (χ0n) is 11.3. The Morgan fingerprint density at radius 1 is 1.55 bits per heavy atom. The lowest BCUT2D eigenvalue weighted by Gasteiger charge is -2.12. The monoisotopic (exact) mass is 300 g/mol. The van der Waals surface area contributed by atoms with E-state index in [1.165, 1.54) is 0 Å². The van der Waals surface area contributed by atoms with Crippen molar-refractivity contribution in [3.05, 3.63) is 21.1 Å². The molecule has 1 atom stereocenters. The third-order valence-electron chi connectivity index (χ3n) is 3.07. The van der Waals surface area contributed by atoms with Crippen LogP contribution in [0.3, 0.4) is 0 Å². The molecule has 110 valence electrons. The molecule has 8 heteroatoms. The third-order valence-corrected chi connectivity index (χ3v) is 3.33. The summed E-state index contributed by atoms with van der Waals surface area (Å²) in [5, 5.41) is 13.9. The van der Waals surface area contributed by atoms with Crippen LogP contribution in [-0.2, 0) is 11.2 Å². The fraction of sp³-hybridized carbons (Fsp3) is 0.667. The summed E-state index contributed by atoms with van der Waals surface area (Å²) in [6.07, 6.45) is 3.51. The molecule has 0 aromatic carbocycles. The number of halogens is 1. The Balaban J connectivity index is 2.19. The molecule has 20 heavy (non-hydrogen) atoms. The van der Waals surface area contributed by atoms with Crippen molar-refractivity contribution in [3.63, 3.8) is 0 Å². The van der Waals surface area contributed by atoms with Crippen molar-refractivity contribution in [3.8, 4) is 0 Å². The zero-order valence-corrected chi connectivity index (χ0v) is 12.0. The van der Waals surface area contributed by atoms with Crippen molar-refractivity contribution in [2.75, 3.05) is 18.5 Å². The molecule has 2 rings (SSSR count). The van der Waals surface area contributed by atoms with E-state index in [2.05, 4.69) is 15.3 Å². The molecule has 1 unspecified atom stereocenters. The minimum Gasteiger partial charge on any atom is -0.376 e. The van der Waals surface area contributed by atoms with Crippen LogP contribution < -0.4 is 5.32 Å². The molecule has 1 N–H and O–H groups in total. The minimum absolute atomic E-state index is 0.0676. The summed E-state index contributed by atoms with van der Waals surface area (Å²) in [5.74, 6) is 0.687. The Kier molecular flexibility index (Phi) is 5.08. The van der Waals surface area contributed by atoms with Crippen molar-refractivity contribution in [2.24, 2.45) is 0 Å². The van der Waals surface area contributed by atoms with Gasteiger partial charge in [-0.1, -0.05) is 18.5 Å².